The lowest BCUT2D eigenvalue weighted by Gasteiger charge is -2.27. The molecule has 0 aliphatic rings. The number of rotatable bonds is 6. The average Bonchev–Trinajstić information content (AvgIpc) is 3.96. The van der Waals surface area contributed by atoms with E-state index in [4.69, 9.17) is 13.3 Å². The van der Waals surface area contributed by atoms with Crippen LogP contribution >= 0.6 is 0 Å². The number of fused-ring (bicyclic) bond motifs is 11. The molecular weight excluding hydrogens is 749 g/mol. The van der Waals surface area contributed by atoms with Crippen LogP contribution in [0, 0.1) is 0 Å². The highest BCUT2D eigenvalue weighted by atomic mass is 16.4. The Bertz CT molecular complexity index is 3190. The second-order valence-corrected chi connectivity index (χ2v) is 18.2. The average molecular weight is 795 g/mol. The van der Waals surface area contributed by atoms with Crippen molar-refractivity contribution in [3.05, 3.63) is 181 Å². The van der Waals surface area contributed by atoms with Crippen LogP contribution < -0.4 is 9.80 Å². The fourth-order valence-corrected chi connectivity index (χ4v) is 9.05. The minimum Gasteiger partial charge on any atom is -0.456 e. The largest absolute Gasteiger partial charge is 0.456 e. The third-order valence-electron chi connectivity index (χ3n) is 12.1. The molecule has 11 aromatic rings. The number of hydrogen-bond acceptors (Lipinski definition) is 5. The monoisotopic (exact) mass is 794 g/mol. The van der Waals surface area contributed by atoms with Crippen molar-refractivity contribution in [2.75, 3.05) is 9.80 Å². The van der Waals surface area contributed by atoms with Crippen molar-refractivity contribution >= 4 is 99.9 Å². The Labute approximate surface area is 355 Å². The van der Waals surface area contributed by atoms with Gasteiger partial charge in [0.1, 0.15) is 33.5 Å². The molecule has 298 valence electrons. The van der Waals surface area contributed by atoms with Crippen LogP contribution in [0.2, 0.25) is 0 Å². The highest BCUT2D eigenvalue weighted by Crippen LogP contribution is 2.52. The predicted octanol–water partition coefficient (Wildman–Crippen LogP) is 16.9. The standard InChI is InChI=1S/C56H46N2O3/c1-55(2,3)35-25-29-39(30-26-35)57(37-17-9-7-10-18-37)43-33-47-51(53-49(43)41-21-13-15-23-45(41)60-53)52-48(59-47)34-44(50-42-22-14-16-24-46(42)61-54(50)52)58(38-19-11-8-12-20-38)40-31-27-36(28-32-40)56(4,5)6/h7-34H,1-6H3. The molecule has 0 saturated heterocycles. The van der Waals surface area contributed by atoms with Crippen molar-refractivity contribution < 1.29 is 13.3 Å². The van der Waals surface area contributed by atoms with Gasteiger partial charge < -0.3 is 23.1 Å². The summed E-state index contributed by atoms with van der Waals surface area (Å²) in [4.78, 5) is 4.65. The van der Waals surface area contributed by atoms with Crippen LogP contribution in [0.1, 0.15) is 52.7 Å². The molecule has 8 aromatic carbocycles. The minimum absolute atomic E-state index is 0.0180. The van der Waals surface area contributed by atoms with E-state index in [0.717, 1.165) is 88.8 Å². The van der Waals surface area contributed by atoms with Gasteiger partial charge in [0.25, 0.3) is 0 Å². The van der Waals surface area contributed by atoms with E-state index < -0.39 is 0 Å². The second-order valence-electron chi connectivity index (χ2n) is 18.2. The first-order valence-electron chi connectivity index (χ1n) is 21.1. The Morgan fingerprint density at radius 2 is 0.672 bits per heavy atom. The molecule has 0 unspecified atom stereocenters. The van der Waals surface area contributed by atoms with Crippen molar-refractivity contribution in [2.45, 2.75) is 52.4 Å². The van der Waals surface area contributed by atoms with Gasteiger partial charge in [0, 0.05) is 45.7 Å². The quantitative estimate of drug-likeness (QED) is 0.168. The summed E-state index contributed by atoms with van der Waals surface area (Å²) >= 11 is 0. The summed E-state index contributed by atoms with van der Waals surface area (Å²) in [7, 11) is 0. The Kier molecular flexibility index (Phi) is 8.24. The third kappa shape index (κ3) is 5.98. The molecule has 61 heavy (non-hydrogen) atoms. The fraction of sp³-hybridized carbons (Fsp3) is 0.143. The van der Waals surface area contributed by atoms with E-state index in [2.05, 4.69) is 209 Å². The van der Waals surface area contributed by atoms with Gasteiger partial charge >= 0.3 is 0 Å². The smallest absolute Gasteiger partial charge is 0.149 e. The molecule has 0 atom stereocenters. The Balaban J connectivity index is 1.25. The fourth-order valence-electron chi connectivity index (χ4n) is 9.05. The van der Waals surface area contributed by atoms with Gasteiger partial charge in [-0.2, -0.15) is 0 Å². The van der Waals surface area contributed by atoms with Crippen molar-refractivity contribution in [1.82, 2.24) is 0 Å². The zero-order chi connectivity index (χ0) is 41.6. The molecule has 0 radical (unpaired) electrons. The van der Waals surface area contributed by atoms with E-state index in [-0.39, 0.29) is 10.8 Å². The number of benzene rings is 8. The van der Waals surface area contributed by atoms with Crippen molar-refractivity contribution in [1.29, 1.82) is 0 Å². The zero-order valence-corrected chi connectivity index (χ0v) is 35.3. The van der Waals surface area contributed by atoms with Gasteiger partial charge in [-0.05, 0) is 82.6 Å². The number of nitrogens with zero attached hydrogens (tertiary/aromatic N) is 2. The van der Waals surface area contributed by atoms with E-state index in [1.54, 1.807) is 0 Å². The molecule has 0 saturated carbocycles. The van der Waals surface area contributed by atoms with Crippen LogP contribution in [0.4, 0.5) is 34.1 Å². The summed E-state index contributed by atoms with van der Waals surface area (Å²) in [5.74, 6) is 0. The summed E-state index contributed by atoms with van der Waals surface area (Å²) in [5, 5.41) is 5.85. The highest BCUT2D eigenvalue weighted by Gasteiger charge is 2.29. The topological polar surface area (TPSA) is 45.9 Å². The first-order chi connectivity index (χ1) is 29.5. The molecular formula is C56H46N2O3. The number of furan rings is 3. The zero-order valence-electron chi connectivity index (χ0n) is 35.3. The van der Waals surface area contributed by atoms with E-state index >= 15 is 0 Å². The molecule has 3 aromatic heterocycles. The Hall–Kier alpha value is -7.24. The maximum Gasteiger partial charge on any atom is 0.149 e. The van der Waals surface area contributed by atoms with Gasteiger partial charge in [-0.1, -0.05) is 139 Å². The maximum atomic E-state index is 7.14. The highest BCUT2D eigenvalue weighted by molar-refractivity contribution is 6.33. The van der Waals surface area contributed by atoms with Gasteiger partial charge in [-0.25, -0.2) is 0 Å². The molecule has 0 spiro atoms. The van der Waals surface area contributed by atoms with Crippen molar-refractivity contribution in [2.24, 2.45) is 0 Å². The normalized spacial score (nSPS) is 12.4. The van der Waals surface area contributed by atoms with Crippen LogP contribution in [0.5, 0.6) is 0 Å². The second kappa shape index (κ2) is 13.7. The van der Waals surface area contributed by atoms with Gasteiger partial charge in [-0.3, -0.25) is 0 Å². The molecule has 11 rings (SSSR count). The summed E-state index contributed by atoms with van der Waals surface area (Å²) in [5.41, 5.74) is 13.2. The van der Waals surface area contributed by atoms with Gasteiger partial charge in [0.2, 0.25) is 0 Å². The lowest BCUT2D eigenvalue weighted by atomic mass is 9.87. The van der Waals surface area contributed by atoms with Crippen LogP contribution in [0.15, 0.2) is 183 Å². The first-order valence-corrected chi connectivity index (χ1v) is 21.1. The summed E-state index contributed by atoms with van der Waals surface area (Å²) < 4.78 is 21.1. The number of hydrogen-bond donors (Lipinski definition) is 0. The summed E-state index contributed by atoms with van der Waals surface area (Å²) in [6.45, 7) is 13.5. The SMILES string of the molecule is CC(C)(C)c1ccc(N(c2ccccc2)c2cc3oc4cc(N(c5ccccc5)c5ccc(C(C)(C)C)cc5)c5c6ccccc6oc5c4c3c3oc4ccccc4c23)cc1. The van der Waals surface area contributed by atoms with Crippen molar-refractivity contribution in [3.8, 4) is 0 Å². The lowest BCUT2D eigenvalue weighted by molar-refractivity contribution is 0.590. The van der Waals surface area contributed by atoms with Crippen LogP contribution in [0.25, 0.3) is 65.8 Å². The van der Waals surface area contributed by atoms with Crippen LogP contribution in [-0.4, -0.2) is 0 Å². The van der Waals surface area contributed by atoms with Gasteiger partial charge in [0.15, 0.2) is 0 Å². The van der Waals surface area contributed by atoms with E-state index in [1.165, 1.54) is 11.1 Å². The molecule has 0 bridgehead atoms. The molecule has 3 heterocycles. The summed E-state index contributed by atoms with van der Waals surface area (Å²) in [6.07, 6.45) is 0. The predicted molar refractivity (Wildman–Crippen MR) is 255 cm³/mol. The first kappa shape index (κ1) is 36.8. The molecule has 0 aliphatic carbocycles. The molecule has 5 heteroatoms. The van der Waals surface area contributed by atoms with E-state index in [9.17, 15) is 0 Å². The Morgan fingerprint density at radius 3 is 1.05 bits per heavy atom. The molecule has 0 amide bonds. The minimum atomic E-state index is 0.0180. The third-order valence-corrected chi connectivity index (χ3v) is 12.1. The van der Waals surface area contributed by atoms with Crippen LogP contribution in [0.3, 0.4) is 0 Å². The van der Waals surface area contributed by atoms with E-state index in [1.807, 2.05) is 12.1 Å². The van der Waals surface area contributed by atoms with E-state index in [0.29, 0.717) is 11.2 Å². The maximum absolute atomic E-state index is 7.14. The Morgan fingerprint density at radius 1 is 0.328 bits per heavy atom. The molecule has 0 aliphatic heterocycles. The number of para-hydroxylation sites is 4. The number of anilines is 6. The van der Waals surface area contributed by atoms with Gasteiger partial charge in [-0.15, -0.1) is 0 Å². The molecule has 0 fully saturated rings. The van der Waals surface area contributed by atoms with Gasteiger partial charge in [0.05, 0.1) is 32.9 Å². The lowest BCUT2D eigenvalue weighted by Crippen LogP contribution is -2.13. The van der Waals surface area contributed by atoms with Crippen molar-refractivity contribution in [3.63, 3.8) is 0 Å². The molecule has 0 N–H and O–H groups in total. The molecule has 5 nitrogen and oxygen atoms in total. The van der Waals surface area contributed by atoms with Crippen LogP contribution in [-0.2, 0) is 10.8 Å². The summed E-state index contributed by atoms with van der Waals surface area (Å²) in [6, 6.07) is 60.0.